The molecule has 0 radical (unpaired) electrons. The molecule has 2 atom stereocenters. The number of methoxy groups -OCH3 is 1. The van der Waals surface area contributed by atoms with E-state index in [9.17, 15) is 4.79 Å². The summed E-state index contributed by atoms with van der Waals surface area (Å²) < 4.78 is 18.5. The van der Waals surface area contributed by atoms with E-state index in [0.717, 1.165) is 19.3 Å². The lowest BCUT2D eigenvalue weighted by atomic mass is 10.2. The number of hydrogen-bond acceptors (Lipinski definition) is 8. The average Bonchev–Trinajstić information content (AvgIpc) is 3.40. The minimum Gasteiger partial charge on any atom is -0.481 e. The predicted molar refractivity (Wildman–Crippen MR) is 122 cm³/mol. The summed E-state index contributed by atoms with van der Waals surface area (Å²) >= 11 is 6.50. The second kappa shape index (κ2) is 10.1. The zero-order valence-electron chi connectivity index (χ0n) is 18.7. The van der Waals surface area contributed by atoms with Crippen molar-refractivity contribution in [2.24, 2.45) is 0 Å². The van der Waals surface area contributed by atoms with Gasteiger partial charge in [-0.05, 0) is 18.4 Å². The summed E-state index contributed by atoms with van der Waals surface area (Å²) in [6.45, 7) is 3.89. The molecule has 9 nitrogen and oxygen atoms in total. The first-order valence-corrected chi connectivity index (χ1v) is 11.1. The molecule has 1 saturated heterocycles. The number of carbonyl (C=O) groups is 1. The number of esters is 1. The van der Waals surface area contributed by atoms with Gasteiger partial charge in [-0.1, -0.05) is 36.9 Å². The Bertz CT molecular complexity index is 1230. The average molecular weight is 470 g/mol. The lowest BCUT2D eigenvalue weighted by Crippen LogP contribution is -2.25. The maximum atomic E-state index is 11.7. The lowest BCUT2D eigenvalue weighted by Gasteiger charge is -2.21. The highest BCUT2D eigenvalue weighted by Gasteiger charge is 2.36. The summed E-state index contributed by atoms with van der Waals surface area (Å²) in [4.78, 5) is 29.8. The first-order chi connectivity index (χ1) is 16.0. The molecule has 1 aliphatic rings. The number of ether oxygens (including phenoxy) is 3. The molecule has 3 aromatic rings. The quantitative estimate of drug-likeness (QED) is 0.231. The van der Waals surface area contributed by atoms with E-state index in [1.54, 1.807) is 16.7 Å². The lowest BCUT2D eigenvalue weighted by molar-refractivity contribution is -0.151. The molecular formula is C23H24ClN5O4. The van der Waals surface area contributed by atoms with Crippen LogP contribution in [0.4, 0.5) is 0 Å². The molecule has 0 saturated carbocycles. The van der Waals surface area contributed by atoms with Crippen LogP contribution >= 0.6 is 11.6 Å². The van der Waals surface area contributed by atoms with Gasteiger partial charge in [0.25, 0.3) is 0 Å². The summed E-state index contributed by atoms with van der Waals surface area (Å²) in [6.07, 6.45) is 2.15. The summed E-state index contributed by atoms with van der Waals surface area (Å²) in [5.74, 6) is 6.83. The predicted octanol–water partition coefficient (Wildman–Crippen LogP) is 3.94. The van der Waals surface area contributed by atoms with E-state index in [1.807, 2.05) is 6.07 Å². The van der Waals surface area contributed by atoms with Gasteiger partial charge in [0.15, 0.2) is 22.9 Å². The fourth-order valence-electron chi connectivity index (χ4n) is 3.60. The molecule has 172 valence electrons. The first kappa shape index (κ1) is 23.0. The van der Waals surface area contributed by atoms with Crippen molar-refractivity contribution in [3.8, 4) is 29.2 Å². The van der Waals surface area contributed by atoms with Gasteiger partial charge in [0, 0.05) is 25.8 Å². The van der Waals surface area contributed by atoms with Crippen LogP contribution in [-0.2, 0) is 14.3 Å². The second-order valence-corrected chi connectivity index (χ2v) is 7.84. The van der Waals surface area contributed by atoms with E-state index in [1.165, 1.54) is 14.0 Å². The minimum absolute atomic E-state index is 0.171. The van der Waals surface area contributed by atoms with Gasteiger partial charge in [0.2, 0.25) is 11.7 Å². The van der Waals surface area contributed by atoms with E-state index in [4.69, 9.17) is 25.8 Å². The van der Waals surface area contributed by atoms with Gasteiger partial charge >= 0.3 is 5.97 Å². The van der Waals surface area contributed by atoms with Crippen LogP contribution in [0.15, 0.2) is 18.2 Å². The van der Waals surface area contributed by atoms with Gasteiger partial charge in [-0.3, -0.25) is 9.36 Å². The Morgan fingerprint density at radius 1 is 1.30 bits per heavy atom. The summed E-state index contributed by atoms with van der Waals surface area (Å²) in [6, 6.07) is 5.34. The third-order valence-electron chi connectivity index (χ3n) is 5.10. The molecule has 1 aliphatic heterocycles. The fraction of sp³-hybridized carbons (Fsp3) is 0.435. The van der Waals surface area contributed by atoms with Crippen molar-refractivity contribution in [3.05, 3.63) is 29.2 Å². The van der Waals surface area contributed by atoms with E-state index < -0.39 is 18.3 Å². The van der Waals surface area contributed by atoms with Gasteiger partial charge in [0.05, 0.1) is 13.7 Å². The van der Waals surface area contributed by atoms with Gasteiger partial charge in [-0.25, -0.2) is 19.9 Å². The highest BCUT2D eigenvalue weighted by Crippen LogP contribution is 2.36. The highest BCUT2D eigenvalue weighted by molar-refractivity contribution is 6.33. The molecule has 1 fully saturated rings. The van der Waals surface area contributed by atoms with Crippen molar-refractivity contribution in [1.29, 1.82) is 0 Å². The zero-order valence-corrected chi connectivity index (χ0v) is 19.4. The van der Waals surface area contributed by atoms with Crippen LogP contribution in [0.3, 0.4) is 0 Å². The Labute approximate surface area is 196 Å². The maximum absolute atomic E-state index is 11.7. The molecule has 33 heavy (non-hydrogen) atoms. The van der Waals surface area contributed by atoms with Gasteiger partial charge in [0.1, 0.15) is 17.3 Å². The van der Waals surface area contributed by atoms with Crippen LogP contribution in [0.25, 0.3) is 22.7 Å². The van der Waals surface area contributed by atoms with Gasteiger partial charge < -0.3 is 14.2 Å². The Kier molecular flexibility index (Phi) is 7.06. The number of aromatic nitrogens is 5. The molecule has 0 spiro atoms. The van der Waals surface area contributed by atoms with E-state index in [0.29, 0.717) is 41.6 Å². The van der Waals surface area contributed by atoms with Gasteiger partial charge in [-0.15, -0.1) is 0 Å². The highest BCUT2D eigenvalue weighted by atomic mass is 35.5. The summed E-state index contributed by atoms with van der Waals surface area (Å²) in [5, 5.41) is 0.171. The number of imidazole rings is 1. The zero-order chi connectivity index (χ0) is 23.4. The van der Waals surface area contributed by atoms with Crippen molar-refractivity contribution < 1.29 is 19.0 Å². The second-order valence-electron chi connectivity index (χ2n) is 7.48. The Hall–Kier alpha value is -3.22. The molecule has 4 rings (SSSR count). The number of hydrogen-bond donors (Lipinski definition) is 0. The molecule has 0 amide bonds. The summed E-state index contributed by atoms with van der Waals surface area (Å²) in [5.41, 5.74) is 1.34. The number of nitrogens with zero attached hydrogens (tertiary/aromatic N) is 5. The van der Waals surface area contributed by atoms with Crippen molar-refractivity contribution in [2.75, 3.05) is 13.7 Å². The molecule has 4 heterocycles. The van der Waals surface area contributed by atoms with E-state index in [-0.39, 0.29) is 11.0 Å². The maximum Gasteiger partial charge on any atom is 0.303 e. The normalized spacial score (nSPS) is 17.6. The van der Waals surface area contributed by atoms with E-state index in [2.05, 4.69) is 38.7 Å². The number of halogens is 1. The van der Waals surface area contributed by atoms with Gasteiger partial charge in [-0.2, -0.15) is 0 Å². The monoisotopic (exact) mass is 469 g/mol. The van der Waals surface area contributed by atoms with Crippen LogP contribution in [0.1, 0.15) is 51.6 Å². The van der Waals surface area contributed by atoms with Crippen LogP contribution in [0, 0.1) is 11.8 Å². The minimum atomic E-state index is -0.659. The molecule has 0 aromatic carbocycles. The van der Waals surface area contributed by atoms with Crippen LogP contribution in [0.5, 0.6) is 5.88 Å². The topological polar surface area (TPSA) is 101 Å². The Morgan fingerprint density at radius 2 is 2.15 bits per heavy atom. The summed E-state index contributed by atoms with van der Waals surface area (Å²) in [7, 11) is 1.54. The Balaban J connectivity index is 1.90. The fourth-order valence-corrected chi connectivity index (χ4v) is 3.81. The molecular weight excluding hydrogens is 446 g/mol. The molecule has 0 aliphatic carbocycles. The molecule has 0 unspecified atom stereocenters. The molecule has 0 N–H and O–H groups in total. The van der Waals surface area contributed by atoms with Crippen molar-refractivity contribution in [3.63, 3.8) is 0 Å². The van der Waals surface area contributed by atoms with E-state index >= 15 is 0 Å². The number of fused-ring (bicyclic) bond motifs is 1. The third-order valence-corrected chi connectivity index (χ3v) is 5.36. The number of pyridine rings is 1. The Morgan fingerprint density at radius 3 is 2.91 bits per heavy atom. The van der Waals surface area contributed by atoms with Crippen LogP contribution in [0.2, 0.25) is 5.15 Å². The third kappa shape index (κ3) is 4.92. The molecule has 0 bridgehead atoms. The molecule has 10 heteroatoms. The number of unbranched alkanes of at least 4 members (excludes halogenated alkanes) is 2. The SMILES string of the molecule is CCCCC#Cc1nc(Cl)c2nc(-c3cccc(OC)n3)n([C@@H]3OCC[C@H]3OC(C)=O)c2n1. The van der Waals surface area contributed by atoms with Crippen molar-refractivity contribution in [2.45, 2.75) is 51.9 Å². The first-order valence-electron chi connectivity index (χ1n) is 10.8. The van der Waals surface area contributed by atoms with Crippen LogP contribution in [-0.4, -0.2) is 50.3 Å². The van der Waals surface area contributed by atoms with Crippen LogP contribution < -0.4 is 4.74 Å². The smallest absolute Gasteiger partial charge is 0.303 e. The largest absolute Gasteiger partial charge is 0.481 e. The molecule has 3 aromatic heterocycles. The van der Waals surface area contributed by atoms with Crippen molar-refractivity contribution in [1.82, 2.24) is 24.5 Å². The standard InChI is InChI=1S/C23H24ClN5O4/c1-4-5-6-7-10-17-26-20(24)19-22(27-17)29(23-16(12-13-32-23)33-14(2)30)21(28-19)15-9-8-11-18(25-15)31-3/h8-9,11,16,23H,4-6,12-13H2,1-3H3/t16-,23-/m1/s1. The van der Waals surface area contributed by atoms with Crippen molar-refractivity contribution >= 4 is 28.7 Å². The number of carbonyl (C=O) groups excluding carboxylic acids is 1. The number of rotatable bonds is 6.